The number of hydrogen-bond acceptors (Lipinski definition) is 6. The van der Waals surface area contributed by atoms with Crippen LogP contribution in [0.25, 0.3) is 10.2 Å². The van der Waals surface area contributed by atoms with Gasteiger partial charge in [-0.2, -0.15) is 0 Å². The van der Waals surface area contributed by atoms with E-state index in [4.69, 9.17) is 26.1 Å². The molecule has 1 atom stereocenters. The summed E-state index contributed by atoms with van der Waals surface area (Å²) in [6.07, 6.45) is 2.03. The number of amides is 1. The number of carbonyl (C=O) groups is 1. The van der Waals surface area contributed by atoms with Crippen LogP contribution in [0.1, 0.15) is 18.4 Å². The van der Waals surface area contributed by atoms with Gasteiger partial charge >= 0.3 is 0 Å². The number of hydrogen-bond donors (Lipinski definition) is 0. The van der Waals surface area contributed by atoms with Crippen molar-refractivity contribution in [3.8, 4) is 5.75 Å². The average molecular weight is 463 g/mol. The smallest absolute Gasteiger partial charge is 0.239 e. The van der Waals surface area contributed by atoms with Crippen LogP contribution in [0.4, 0.5) is 5.13 Å². The van der Waals surface area contributed by atoms with Gasteiger partial charge in [-0.3, -0.25) is 9.69 Å². The lowest BCUT2D eigenvalue weighted by molar-refractivity contribution is -0.116. The summed E-state index contributed by atoms with van der Waals surface area (Å²) in [6.45, 7) is 3.31. The van der Waals surface area contributed by atoms with Crippen molar-refractivity contribution >= 4 is 56.0 Å². The third kappa shape index (κ3) is 4.75. The minimum atomic E-state index is 0.0149. The Bertz CT molecular complexity index is 1030. The number of carbonyl (C=O) groups excluding carboxylic acids is 1. The maximum absolute atomic E-state index is 13.2. The van der Waals surface area contributed by atoms with Crippen LogP contribution in [0, 0.1) is 6.92 Å². The molecular formula is C22H23ClN2O3S2. The highest BCUT2D eigenvalue weighted by Crippen LogP contribution is 2.37. The first-order valence-electron chi connectivity index (χ1n) is 9.79. The average Bonchev–Trinajstić information content (AvgIpc) is 3.42. The first-order valence-corrected chi connectivity index (χ1v) is 12.0. The summed E-state index contributed by atoms with van der Waals surface area (Å²) < 4.78 is 12.3. The maximum atomic E-state index is 13.2. The maximum Gasteiger partial charge on any atom is 0.239 e. The van der Waals surface area contributed by atoms with Gasteiger partial charge in [-0.15, -0.1) is 11.8 Å². The van der Waals surface area contributed by atoms with Gasteiger partial charge in [-0.1, -0.05) is 29.0 Å². The lowest BCUT2D eigenvalue weighted by Gasteiger charge is -2.23. The van der Waals surface area contributed by atoms with E-state index in [0.29, 0.717) is 22.5 Å². The number of ether oxygens (including phenoxy) is 2. The van der Waals surface area contributed by atoms with Gasteiger partial charge in [0.1, 0.15) is 11.3 Å². The van der Waals surface area contributed by atoms with Crippen molar-refractivity contribution in [3.05, 3.63) is 47.0 Å². The Morgan fingerprint density at radius 1 is 1.33 bits per heavy atom. The van der Waals surface area contributed by atoms with Gasteiger partial charge in [0.25, 0.3) is 0 Å². The van der Waals surface area contributed by atoms with Gasteiger partial charge in [0.05, 0.1) is 30.2 Å². The van der Waals surface area contributed by atoms with Crippen molar-refractivity contribution in [1.29, 1.82) is 0 Å². The summed E-state index contributed by atoms with van der Waals surface area (Å²) in [5.74, 6) is 1.06. The molecule has 1 aliphatic rings. The number of nitrogens with zero attached hydrogens (tertiary/aromatic N) is 2. The molecule has 0 spiro atoms. The van der Waals surface area contributed by atoms with Crippen LogP contribution in [-0.4, -0.2) is 43.0 Å². The predicted octanol–water partition coefficient (Wildman–Crippen LogP) is 5.57. The number of rotatable bonds is 7. The molecule has 2 heterocycles. The first-order chi connectivity index (χ1) is 14.5. The molecule has 3 aromatic rings. The molecule has 1 unspecified atom stereocenters. The van der Waals surface area contributed by atoms with Crippen LogP contribution in [0.2, 0.25) is 5.02 Å². The zero-order chi connectivity index (χ0) is 21.1. The summed E-state index contributed by atoms with van der Waals surface area (Å²) in [5, 5.41) is 1.37. The number of benzene rings is 2. The number of fused-ring (bicyclic) bond motifs is 1. The van der Waals surface area contributed by atoms with E-state index in [1.165, 1.54) is 23.1 Å². The first kappa shape index (κ1) is 21.4. The fourth-order valence-electron chi connectivity index (χ4n) is 3.41. The second kappa shape index (κ2) is 9.56. The summed E-state index contributed by atoms with van der Waals surface area (Å²) in [5.41, 5.74) is 1.92. The Labute approximate surface area is 189 Å². The summed E-state index contributed by atoms with van der Waals surface area (Å²) in [7, 11) is 1.64. The number of halogens is 1. The van der Waals surface area contributed by atoms with Crippen molar-refractivity contribution in [3.63, 3.8) is 0 Å². The molecule has 5 nitrogen and oxygen atoms in total. The van der Waals surface area contributed by atoms with Crippen LogP contribution >= 0.6 is 34.7 Å². The van der Waals surface area contributed by atoms with E-state index in [0.717, 1.165) is 45.9 Å². The fraction of sp³-hybridized carbons (Fsp3) is 0.364. The van der Waals surface area contributed by atoms with Gasteiger partial charge < -0.3 is 9.47 Å². The standard InChI is InChI=1S/C22H23ClN2O3S2/c1-14-5-10-18(27-2)20-21(14)30-22(24-20)25(12-16-4-3-11-28-16)19(26)13-29-17-8-6-15(23)7-9-17/h5-10,16H,3-4,11-13H2,1-2H3. The number of thioether (sulfide) groups is 1. The summed E-state index contributed by atoms with van der Waals surface area (Å²) >= 11 is 8.99. The highest BCUT2D eigenvalue weighted by molar-refractivity contribution is 8.00. The minimum absolute atomic E-state index is 0.0149. The molecule has 1 fully saturated rings. The highest BCUT2D eigenvalue weighted by atomic mass is 35.5. The third-order valence-electron chi connectivity index (χ3n) is 5.03. The molecule has 0 N–H and O–H groups in total. The Balaban J connectivity index is 1.60. The Morgan fingerprint density at radius 2 is 2.13 bits per heavy atom. The van der Waals surface area contributed by atoms with Gasteiger partial charge in [-0.25, -0.2) is 4.98 Å². The zero-order valence-corrected chi connectivity index (χ0v) is 19.3. The molecule has 1 aliphatic heterocycles. The monoisotopic (exact) mass is 462 g/mol. The van der Waals surface area contributed by atoms with Crippen molar-refractivity contribution in [1.82, 2.24) is 4.98 Å². The molecular weight excluding hydrogens is 440 g/mol. The van der Waals surface area contributed by atoms with Gasteiger partial charge in [-0.05, 0) is 55.7 Å². The van der Waals surface area contributed by atoms with E-state index in [9.17, 15) is 4.79 Å². The SMILES string of the molecule is COc1ccc(C)c2sc(N(CC3CCCO3)C(=O)CSc3ccc(Cl)cc3)nc12. The lowest BCUT2D eigenvalue weighted by Crippen LogP contribution is -2.38. The topological polar surface area (TPSA) is 51.7 Å². The van der Waals surface area contributed by atoms with E-state index in [1.54, 1.807) is 12.0 Å². The van der Waals surface area contributed by atoms with Crippen LogP contribution < -0.4 is 9.64 Å². The normalized spacial score (nSPS) is 16.2. The molecule has 30 heavy (non-hydrogen) atoms. The molecule has 1 saturated heterocycles. The molecule has 8 heteroatoms. The zero-order valence-electron chi connectivity index (χ0n) is 16.9. The number of anilines is 1. The van der Waals surface area contributed by atoms with Crippen LogP contribution in [0.15, 0.2) is 41.3 Å². The van der Waals surface area contributed by atoms with Gasteiger partial charge in [0.15, 0.2) is 5.13 Å². The molecule has 0 aliphatic carbocycles. The molecule has 0 bridgehead atoms. The van der Waals surface area contributed by atoms with Crippen LogP contribution in [0.5, 0.6) is 5.75 Å². The molecule has 1 aromatic heterocycles. The van der Waals surface area contributed by atoms with E-state index in [-0.39, 0.29) is 12.0 Å². The van der Waals surface area contributed by atoms with Crippen LogP contribution in [-0.2, 0) is 9.53 Å². The molecule has 2 aromatic carbocycles. The second-order valence-electron chi connectivity index (χ2n) is 7.14. The summed E-state index contributed by atoms with van der Waals surface area (Å²) in [4.78, 5) is 20.8. The molecule has 4 rings (SSSR count). The summed E-state index contributed by atoms with van der Waals surface area (Å²) in [6, 6.07) is 11.5. The fourth-order valence-corrected chi connectivity index (χ4v) is 5.39. The Kier molecular flexibility index (Phi) is 6.83. The quantitative estimate of drug-likeness (QED) is 0.429. The molecule has 1 amide bonds. The largest absolute Gasteiger partial charge is 0.494 e. The van der Waals surface area contributed by atoms with Gasteiger partial charge in [0.2, 0.25) is 5.91 Å². The predicted molar refractivity (Wildman–Crippen MR) is 124 cm³/mol. The second-order valence-corrected chi connectivity index (χ2v) is 9.60. The van der Waals surface area contributed by atoms with E-state index in [1.807, 2.05) is 43.3 Å². The number of thiazole rings is 1. The Morgan fingerprint density at radius 3 is 2.83 bits per heavy atom. The Hall–Kier alpha value is -1.80. The van der Waals surface area contributed by atoms with Crippen molar-refractivity contribution in [2.45, 2.75) is 30.8 Å². The molecule has 158 valence electrons. The van der Waals surface area contributed by atoms with E-state index >= 15 is 0 Å². The van der Waals surface area contributed by atoms with Crippen molar-refractivity contribution < 1.29 is 14.3 Å². The molecule has 0 radical (unpaired) electrons. The van der Waals surface area contributed by atoms with Gasteiger partial charge in [0, 0.05) is 16.5 Å². The van der Waals surface area contributed by atoms with Crippen molar-refractivity contribution in [2.24, 2.45) is 0 Å². The van der Waals surface area contributed by atoms with Crippen LogP contribution in [0.3, 0.4) is 0 Å². The van der Waals surface area contributed by atoms with E-state index < -0.39 is 0 Å². The third-order valence-corrected chi connectivity index (χ3v) is 7.49. The minimum Gasteiger partial charge on any atom is -0.494 e. The van der Waals surface area contributed by atoms with Crippen molar-refractivity contribution in [2.75, 3.05) is 30.9 Å². The lowest BCUT2D eigenvalue weighted by atomic mass is 10.2. The number of aryl methyl sites for hydroxylation is 1. The van der Waals surface area contributed by atoms with E-state index in [2.05, 4.69) is 0 Å². The number of aromatic nitrogens is 1. The highest BCUT2D eigenvalue weighted by Gasteiger charge is 2.27. The number of methoxy groups -OCH3 is 1. The molecule has 0 saturated carbocycles.